The second-order valence-electron chi connectivity index (χ2n) is 4.12. The summed E-state index contributed by atoms with van der Waals surface area (Å²) in [5, 5.41) is 23.8. The molecule has 0 aromatic carbocycles. The van der Waals surface area contributed by atoms with Crippen molar-refractivity contribution in [2.75, 3.05) is 11.9 Å². The SMILES string of the molecule is CN(Cc1ccsc1)c1ncc(C(=O)O)cc1[N+](=O)[O-]. The first-order valence-corrected chi connectivity index (χ1v) is 6.53. The Hall–Kier alpha value is -2.48. The van der Waals surface area contributed by atoms with Crippen molar-refractivity contribution >= 4 is 28.8 Å². The number of aromatic carboxylic acids is 1. The molecule has 2 heterocycles. The van der Waals surface area contributed by atoms with Crippen LogP contribution in [0.4, 0.5) is 11.5 Å². The van der Waals surface area contributed by atoms with Crippen LogP contribution in [0.2, 0.25) is 0 Å². The largest absolute Gasteiger partial charge is 0.478 e. The van der Waals surface area contributed by atoms with Crippen LogP contribution >= 0.6 is 11.3 Å². The lowest BCUT2D eigenvalue weighted by Gasteiger charge is -2.17. The number of hydrogen-bond acceptors (Lipinski definition) is 6. The average Bonchev–Trinajstić information content (AvgIpc) is 2.90. The van der Waals surface area contributed by atoms with Crippen molar-refractivity contribution in [2.45, 2.75) is 6.54 Å². The molecule has 0 unspecified atom stereocenters. The van der Waals surface area contributed by atoms with Crippen LogP contribution in [0.5, 0.6) is 0 Å². The van der Waals surface area contributed by atoms with E-state index >= 15 is 0 Å². The highest BCUT2D eigenvalue weighted by Crippen LogP contribution is 2.27. The Morgan fingerprint density at radius 3 is 2.90 bits per heavy atom. The lowest BCUT2D eigenvalue weighted by molar-refractivity contribution is -0.384. The van der Waals surface area contributed by atoms with E-state index in [0.717, 1.165) is 17.8 Å². The lowest BCUT2D eigenvalue weighted by atomic mass is 10.2. The molecule has 0 spiro atoms. The van der Waals surface area contributed by atoms with E-state index in [0.29, 0.717) is 6.54 Å². The van der Waals surface area contributed by atoms with Crippen molar-refractivity contribution in [1.29, 1.82) is 0 Å². The Morgan fingerprint density at radius 1 is 1.60 bits per heavy atom. The van der Waals surface area contributed by atoms with Crippen LogP contribution in [0.15, 0.2) is 29.1 Å². The highest BCUT2D eigenvalue weighted by atomic mass is 32.1. The zero-order valence-electron chi connectivity index (χ0n) is 10.5. The topological polar surface area (TPSA) is 96.6 Å². The van der Waals surface area contributed by atoms with Crippen molar-refractivity contribution in [3.8, 4) is 0 Å². The van der Waals surface area contributed by atoms with E-state index in [9.17, 15) is 14.9 Å². The van der Waals surface area contributed by atoms with Gasteiger partial charge in [-0.1, -0.05) is 0 Å². The molecule has 8 heteroatoms. The van der Waals surface area contributed by atoms with Crippen LogP contribution in [-0.2, 0) is 6.54 Å². The monoisotopic (exact) mass is 293 g/mol. The molecule has 2 aromatic rings. The van der Waals surface area contributed by atoms with E-state index in [1.54, 1.807) is 11.9 Å². The molecule has 0 fully saturated rings. The van der Waals surface area contributed by atoms with Crippen LogP contribution in [0.1, 0.15) is 15.9 Å². The highest BCUT2D eigenvalue weighted by Gasteiger charge is 2.21. The van der Waals surface area contributed by atoms with E-state index in [1.165, 1.54) is 11.3 Å². The van der Waals surface area contributed by atoms with Crippen molar-refractivity contribution in [1.82, 2.24) is 4.98 Å². The molecular formula is C12H11N3O4S. The minimum atomic E-state index is -1.24. The minimum Gasteiger partial charge on any atom is -0.478 e. The summed E-state index contributed by atoms with van der Waals surface area (Å²) < 4.78 is 0. The van der Waals surface area contributed by atoms with Gasteiger partial charge in [-0.2, -0.15) is 11.3 Å². The molecule has 0 aliphatic carbocycles. The molecule has 20 heavy (non-hydrogen) atoms. The number of nitro groups is 1. The predicted octanol–water partition coefficient (Wildman–Crippen LogP) is 2.39. The van der Waals surface area contributed by atoms with Gasteiger partial charge in [0.1, 0.15) is 0 Å². The Balaban J connectivity index is 2.35. The van der Waals surface area contributed by atoms with Crippen LogP contribution in [0.25, 0.3) is 0 Å². The molecule has 0 atom stereocenters. The van der Waals surface area contributed by atoms with Gasteiger partial charge < -0.3 is 10.0 Å². The molecular weight excluding hydrogens is 282 g/mol. The fourth-order valence-electron chi connectivity index (χ4n) is 1.72. The summed E-state index contributed by atoms with van der Waals surface area (Å²) in [5.41, 5.74) is 0.489. The maximum Gasteiger partial charge on any atom is 0.337 e. The quantitative estimate of drug-likeness (QED) is 0.671. The van der Waals surface area contributed by atoms with E-state index in [4.69, 9.17) is 5.11 Å². The van der Waals surface area contributed by atoms with E-state index in [-0.39, 0.29) is 17.1 Å². The first-order chi connectivity index (χ1) is 9.49. The van der Waals surface area contributed by atoms with Gasteiger partial charge in [-0.05, 0) is 22.4 Å². The molecule has 0 saturated carbocycles. The van der Waals surface area contributed by atoms with E-state index in [2.05, 4.69) is 4.98 Å². The number of pyridine rings is 1. The lowest BCUT2D eigenvalue weighted by Crippen LogP contribution is -2.19. The Bertz CT molecular complexity index is 642. The highest BCUT2D eigenvalue weighted by molar-refractivity contribution is 7.07. The molecule has 1 N–H and O–H groups in total. The third-order valence-electron chi connectivity index (χ3n) is 2.65. The molecule has 0 amide bonds. The maximum absolute atomic E-state index is 11.1. The molecule has 0 saturated heterocycles. The summed E-state index contributed by atoms with van der Waals surface area (Å²) in [7, 11) is 1.67. The second-order valence-corrected chi connectivity index (χ2v) is 4.90. The van der Waals surface area contributed by atoms with Crippen molar-refractivity contribution in [3.63, 3.8) is 0 Å². The molecule has 0 radical (unpaired) electrons. The van der Waals surface area contributed by atoms with Gasteiger partial charge in [0, 0.05) is 25.9 Å². The van der Waals surface area contributed by atoms with Crippen molar-refractivity contribution < 1.29 is 14.8 Å². The van der Waals surface area contributed by atoms with Gasteiger partial charge in [0.25, 0.3) is 0 Å². The number of nitrogens with zero attached hydrogens (tertiary/aromatic N) is 3. The summed E-state index contributed by atoms with van der Waals surface area (Å²) >= 11 is 1.53. The van der Waals surface area contributed by atoms with E-state index in [1.807, 2.05) is 16.8 Å². The number of aromatic nitrogens is 1. The molecule has 0 bridgehead atoms. The normalized spacial score (nSPS) is 10.2. The summed E-state index contributed by atoms with van der Waals surface area (Å²) in [6, 6.07) is 2.94. The van der Waals surface area contributed by atoms with Gasteiger partial charge in [-0.15, -0.1) is 0 Å². The number of hydrogen-bond donors (Lipinski definition) is 1. The van der Waals surface area contributed by atoms with Gasteiger partial charge in [-0.25, -0.2) is 9.78 Å². The summed E-state index contributed by atoms with van der Waals surface area (Å²) in [4.78, 5) is 26.8. The summed E-state index contributed by atoms with van der Waals surface area (Å²) in [6.07, 6.45) is 1.12. The maximum atomic E-state index is 11.1. The summed E-state index contributed by atoms with van der Waals surface area (Å²) in [5.74, 6) is -1.10. The number of anilines is 1. The molecule has 2 aromatic heterocycles. The fourth-order valence-corrected chi connectivity index (χ4v) is 2.38. The molecule has 104 valence electrons. The van der Waals surface area contributed by atoms with Crippen LogP contribution in [-0.4, -0.2) is 28.0 Å². The third-order valence-corrected chi connectivity index (χ3v) is 3.38. The van der Waals surface area contributed by atoms with Crippen LogP contribution < -0.4 is 4.90 Å². The Labute approximate surface area is 118 Å². The van der Waals surface area contributed by atoms with Crippen molar-refractivity contribution in [2.24, 2.45) is 0 Å². The number of carboxylic acids is 1. The summed E-state index contributed by atoms with van der Waals surface area (Å²) in [6.45, 7) is 0.462. The van der Waals surface area contributed by atoms with Gasteiger partial charge in [-0.3, -0.25) is 10.1 Å². The number of carboxylic acid groups (broad SMARTS) is 1. The zero-order chi connectivity index (χ0) is 14.7. The van der Waals surface area contributed by atoms with Gasteiger partial charge >= 0.3 is 11.7 Å². The molecule has 2 rings (SSSR count). The smallest absolute Gasteiger partial charge is 0.337 e. The Kier molecular flexibility index (Phi) is 3.94. The zero-order valence-corrected chi connectivity index (χ0v) is 11.3. The Morgan fingerprint density at radius 2 is 2.35 bits per heavy atom. The fraction of sp³-hybridized carbons (Fsp3) is 0.167. The predicted molar refractivity (Wildman–Crippen MR) is 74.3 cm³/mol. The first-order valence-electron chi connectivity index (χ1n) is 5.59. The standard InChI is InChI=1S/C12H11N3O4S/c1-14(6-8-2-3-20-7-8)11-10(15(18)19)4-9(5-13-11)12(16)17/h2-5,7H,6H2,1H3,(H,16,17). The minimum absolute atomic E-state index is 0.145. The van der Waals surface area contributed by atoms with Gasteiger partial charge in [0.05, 0.1) is 10.5 Å². The number of thiophene rings is 1. The van der Waals surface area contributed by atoms with Crippen LogP contribution in [0, 0.1) is 10.1 Å². The molecule has 0 aliphatic rings. The average molecular weight is 293 g/mol. The first kappa shape index (κ1) is 13.9. The number of carbonyl (C=O) groups is 1. The van der Waals surface area contributed by atoms with E-state index < -0.39 is 10.9 Å². The van der Waals surface area contributed by atoms with Crippen molar-refractivity contribution in [3.05, 3.63) is 50.3 Å². The third kappa shape index (κ3) is 2.91. The number of rotatable bonds is 5. The van der Waals surface area contributed by atoms with Gasteiger partial charge in [0.15, 0.2) is 0 Å². The molecule has 7 nitrogen and oxygen atoms in total. The molecule has 0 aliphatic heterocycles. The van der Waals surface area contributed by atoms with Crippen LogP contribution in [0.3, 0.4) is 0 Å². The van der Waals surface area contributed by atoms with Gasteiger partial charge in [0.2, 0.25) is 5.82 Å². The second kappa shape index (κ2) is 5.66.